The fourth-order valence-electron chi connectivity index (χ4n) is 2.62. The van der Waals surface area contributed by atoms with Gasteiger partial charge in [0.25, 0.3) is 5.91 Å². The third-order valence-electron chi connectivity index (χ3n) is 4.23. The Bertz CT molecular complexity index is 499. The molecule has 2 atom stereocenters. The quantitative estimate of drug-likeness (QED) is 0.835. The molecule has 1 amide bonds. The third kappa shape index (κ3) is 2.65. The number of carbonyl (C=O) groups is 1. The molecule has 1 N–H and O–H groups in total. The van der Waals surface area contributed by atoms with Gasteiger partial charge in [-0.15, -0.1) is 12.6 Å². The van der Waals surface area contributed by atoms with Gasteiger partial charge in [-0.05, 0) is 31.0 Å². The predicted octanol–water partition coefficient (Wildman–Crippen LogP) is 2.83. The summed E-state index contributed by atoms with van der Waals surface area (Å²) in [6, 6.07) is 5.78. The van der Waals surface area contributed by atoms with Crippen LogP contribution in [0.3, 0.4) is 0 Å². The number of hydrogen-bond donors (Lipinski definition) is 2. The van der Waals surface area contributed by atoms with Crippen molar-refractivity contribution in [3.63, 3.8) is 0 Å². The molecule has 1 aromatic carbocycles. The van der Waals surface area contributed by atoms with Crippen molar-refractivity contribution in [3.8, 4) is 0 Å². The van der Waals surface area contributed by atoms with Crippen molar-refractivity contribution in [2.24, 2.45) is 5.41 Å². The SMILES string of the molecule is COC1CC(NC(=O)c2cc(S)ccc2C)C1(C)C. The molecule has 0 radical (unpaired) electrons. The van der Waals surface area contributed by atoms with Gasteiger partial charge in [0.2, 0.25) is 0 Å². The predicted molar refractivity (Wildman–Crippen MR) is 78.9 cm³/mol. The molecule has 0 aromatic heterocycles. The first kappa shape index (κ1) is 14.4. The zero-order valence-corrected chi connectivity index (χ0v) is 12.8. The summed E-state index contributed by atoms with van der Waals surface area (Å²) in [5, 5.41) is 3.10. The highest BCUT2D eigenvalue weighted by atomic mass is 32.1. The van der Waals surface area contributed by atoms with Gasteiger partial charge in [0.05, 0.1) is 6.10 Å². The number of hydrogen-bond acceptors (Lipinski definition) is 3. The molecule has 0 heterocycles. The Morgan fingerprint density at radius 1 is 1.47 bits per heavy atom. The van der Waals surface area contributed by atoms with Crippen LogP contribution in [0.4, 0.5) is 0 Å². The first-order valence-electron chi connectivity index (χ1n) is 6.49. The maximum absolute atomic E-state index is 12.3. The molecule has 3 nitrogen and oxygen atoms in total. The molecule has 2 unspecified atom stereocenters. The molecular formula is C15H21NO2S. The second kappa shape index (κ2) is 5.17. The van der Waals surface area contributed by atoms with Gasteiger partial charge in [-0.1, -0.05) is 19.9 Å². The van der Waals surface area contributed by atoms with Crippen molar-refractivity contribution in [2.75, 3.05) is 7.11 Å². The Morgan fingerprint density at radius 3 is 2.74 bits per heavy atom. The van der Waals surface area contributed by atoms with E-state index in [-0.39, 0.29) is 23.5 Å². The maximum Gasteiger partial charge on any atom is 0.251 e. The van der Waals surface area contributed by atoms with Crippen LogP contribution >= 0.6 is 12.6 Å². The highest BCUT2D eigenvalue weighted by molar-refractivity contribution is 7.80. The molecule has 1 fully saturated rings. The second-order valence-electron chi connectivity index (χ2n) is 5.81. The Morgan fingerprint density at radius 2 is 2.16 bits per heavy atom. The molecule has 0 saturated heterocycles. The Labute approximate surface area is 120 Å². The number of carbonyl (C=O) groups excluding carboxylic acids is 1. The molecular weight excluding hydrogens is 258 g/mol. The molecule has 1 aliphatic rings. The number of rotatable bonds is 3. The van der Waals surface area contributed by atoms with Gasteiger partial charge < -0.3 is 10.1 Å². The van der Waals surface area contributed by atoms with Crippen molar-refractivity contribution in [2.45, 2.75) is 44.2 Å². The van der Waals surface area contributed by atoms with Crippen LogP contribution in [0.2, 0.25) is 0 Å². The van der Waals surface area contributed by atoms with E-state index in [0.717, 1.165) is 16.9 Å². The van der Waals surface area contributed by atoms with Crippen LogP contribution in [0.1, 0.15) is 36.2 Å². The van der Waals surface area contributed by atoms with Gasteiger partial charge in [-0.3, -0.25) is 4.79 Å². The van der Waals surface area contributed by atoms with Crippen LogP contribution < -0.4 is 5.32 Å². The fourth-order valence-corrected chi connectivity index (χ4v) is 2.82. The van der Waals surface area contributed by atoms with Crippen LogP contribution in [0.5, 0.6) is 0 Å². The summed E-state index contributed by atoms with van der Waals surface area (Å²) >= 11 is 4.29. The summed E-state index contributed by atoms with van der Waals surface area (Å²) in [4.78, 5) is 13.1. The lowest BCUT2D eigenvalue weighted by atomic mass is 9.64. The fraction of sp³-hybridized carbons (Fsp3) is 0.533. The third-order valence-corrected chi connectivity index (χ3v) is 4.51. The zero-order chi connectivity index (χ0) is 14.2. The summed E-state index contributed by atoms with van der Waals surface area (Å²) < 4.78 is 5.40. The lowest BCUT2D eigenvalue weighted by Gasteiger charge is -2.51. The molecule has 2 rings (SSSR count). The summed E-state index contributed by atoms with van der Waals surface area (Å²) in [5.41, 5.74) is 1.65. The molecule has 1 saturated carbocycles. The average molecular weight is 279 g/mol. The first-order chi connectivity index (χ1) is 8.86. The van der Waals surface area contributed by atoms with E-state index in [1.54, 1.807) is 7.11 Å². The lowest BCUT2D eigenvalue weighted by Crippen LogP contribution is -2.61. The van der Waals surface area contributed by atoms with Gasteiger partial charge in [0.15, 0.2) is 0 Å². The topological polar surface area (TPSA) is 38.3 Å². The smallest absolute Gasteiger partial charge is 0.251 e. The Hall–Kier alpha value is -1.00. The van der Waals surface area contributed by atoms with Crippen LogP contribution in [0, 0.1) is 12.3 Å². The van der Waals surface area contributed by atoms with Crippen molar-refractivity contribution in [3.05, 3.63) is 29.3 Å². The standard InChI is InChI=1S/C15H21NO2S/c1-9-5-6-10(19)7-11(9)14(17)16-12-8-13(18-4)15(12,2)3/h5-7,12-13,19H,8H2,1-4H3,(H,16,17). The Kier molecular flexibility index (Phi) is 3.92. The van der Waals surface area contributed by atoms with Crippen LogP contribution in [-0.2, 0) is 4.74 Å². The van der Waals surface area contributed by atoms with Gasteiger partial charge in [0, 0.05) is 29.0 Å². The summed E-state index contributed by atoms with van der Waals surface area (Å²) in [6.45, 7) is 6.18. The molecule has 1 aliphatic carbocycles. The van der Waals surface area contributed by atoms with Crippen LogP contribution in [-0.4, -0.2) is 25.2 Å². The molecule has 1 aromatic rings. The van der Waals surface area contributed by atoms with Crippen molar-refractivity contribution >= 4 is 18.5 Å². The van der Waals surface area contributed by atoms with Gasteiger partial charge in [0.1, 0.15) is 0 Å². The van der Waals surface area contributed by atoms with Crippen molar-refractivity contribution in [1.82, 2.24) is 5.32 Å². The Balaban J connectivity index is 2.09. The molecule has 0 aliphatic heterocycles. The zero-order valence-electron chi connectivity index (χ0n) is 11.9. The van der Waals surface area contributed by atoms with Crippen LogP contribution in [0.25, 0.3) is 0 Å². The summed E-state index contributed by atoms with van der Waals surface area (Å²) in [5.74, 6) is -0.0268. The lowest BCUT2D eigenvalue weighted by molar-refractivity contribution is -0.0942. The van der Waals surface area contributed by atoms with Gasteiger partial charge in [-0.25, -0.2) is 0 Å². The van der Waals surface area contributed by atoms with Gasteiger partial charge in [-0.2, -0.15) is 0 Å². The number of aryl methyl sites for hydroxylation is 1. The molecule has 4 heteroatoms. The molecule has 0 spiro atoms. The normalized spacial score (nSPS) is 24.7. The van der Waals surface area contributed by atoms with E-state index in [2.05, 4.69) is 31.8 Å². The maximum atomic E-state index is 12.3. The largest absolute Gasteiger partial charge is 0.381 e. The number of benzene rings is 1. The summed E-state index contributed by atoms with van der Waals surface area (Å²) in [6.07, 6.45) is 1.09. The number of methoxy groups -OCH3 is 1. The molecule has 104 valence electrons. The van der Waals surface area contributed by atoms with E-state index in [0.29, 0.717) is 5.56 Å². The molecule has 0 bridgehead atoms. The minimum atomic E-state index is -0.0268. The average Bonchev–Trinajstić information content (AvgIpc) is 2.36. The number of amides is 1. The van der Waals surface area contributed by atoms with E-state index in [1.165, 1.54) is 0 Å². The highest BCUT2D eigenvalue weighted by Gasteiger charge is 2.49. The second-order valence-corrected chi connectivity index (χ2v) is 6.32. The number of nitrogens with one attached hydrogen (secondary N) is 1. The number of ether oxygens (including phenoxy) is 1. The minimum absolute atomic E-state index is 0.0170. The van der Waals surface area contributed by atoms with Crippen LogP contribution in [0.15, 0.2) is 23.1 Å². The highest BCUT2D eigenvalue weighted by Crippen LogP contribution is 2.42. The van der Waals surface area contributed by atoms with Crippen molar-refractivity contribution in [1.29, 1.82) is 0 Å². The summed E-state index contributed by atoms with van der Waals surface area (Å²) in [7, 11) is 1.72. The molecule has 19 heavy (non-hydrogen) atoms. The monoisotopic (exact) mass is 279 g/mol. The first-order valence-corrected chi connectivity index (χ1v) is 6.94. The van der Waals surface area contributed by atoms with E-state index >= 15 is 0 Å². The minimum Gasteiger partial charge on any atom is -0.381 e. The number of thiol groups is 1. The van der Waals surface area contributed by atoms with E-state index in [1.807, 2.05) is 25.1 Å². The van der Waals surface area contributed by atoms with Gasteiger partial charge >= 0.3 is 0 Å². The van der Waals surface area contributed by atoms with E-state index in [9.17, 15) is 4.79 Å². The van der Waals surface area contributed by atoms with E-state index < -0.39 is 0 Å². The van der Waals surface area contributed by atoms with E-state index in [4.69, 9.17) is 4.74 Å². The van der Waals surface area contributed by atoms with Crippen molar-refractivity contribution < 1.29 is 9.53 Å².